The fourth-order valence-corrected chi connectivity index (χ4v) is 5.49. The molecule has 7 nitrogen and oxygen atoms in total. The van der Waals surface area contributed by atoms with Gasteiger partial charge in [-0.2, -0.15) is 5.10 Å². The summed E-state index contributed by atoms with van der Waals surface area (Å²) >= 11 is 0. The predicted molar refractivity (Wildman–Crippen MR) is 125 cm³/mol. The average Bonchev–Trinajstić information content (AvgIpc) is 3.56. The highest BCUT2D eigenvalue weighted by Gasteiger charge is 2.35. The lowest BCUT2D eigenvalue weighted by molar-refractivity contribution is -0.136. The maximum absolute atomic E-state index is 13.5. The van der Waals surface area contributed by atoms with Gasteiger partial charge >= 0.3 is 0 Å². The van der Waals surface area contributed by atoms with Crippen molar-refractivity contribution in [1.29, 1.82) is 0 Å². The molecule has 9 heteroatoms. The molecule has 0 aromatic carbocycles. The molecular formula is C22H37Cl2N5O2. The Hall–Kier alpha value is -0.860. The Balaban J connectivity index is 0.00000136. The number of H-pyrrole nitrogens is 1. The van der Waals surface area contributed by atoms with Crippen LogP contribution in [0.25, 0.3) is 0 Å². The lowest BCUT2D eigenvalue weighted by Gasteiger charge is -2.36. The first-order valence-corrected chi connectivity index (χ1v) is 11.6. The average molecular weight is 474 g/mol. The third kappa shape index (κ3) is 5.56. The first kappa shape index (κ1) is 24.8. The smallest absolute Gasteiger partial charge is 0.226 e. The van der Waals surface area contributed by atoms with Crippen molar-refractivity contribution in [2.45, 2.75) is 69.4 Å². The van der Waals surface area contributed by atoms with E-state index in [2.05, 4.69) is 20.0 Å². The van der Waals surface area contributed by atoms with Gasteiger partial charge in [0.25, 0.3) is 0 Å². The number of likely N-dealkylation sites (tertiary alicyclic amines) is 1. The maximum Gasteiger partial charge on any atom is 0.226 e. The van der Waals surface area contributed by atoms with Crippen molar-refractivity contribution >= 4 is 30.7 Å². The van der Waals surface area contributed by atoms with Crippen molar-refractivity contribution in [2.24, 2.45) is 11.7 Å². The van der Waals surface area contributed by atoms with Crippen LogP contribution in [0.2, 0.25) is 0 Å². The van der Waals surface area contributed by atoms with Crippen molar-refractivity contribution in [3.05, 3.63) is 17.0 Å². The first-order valence-electron chi connectivity index (χ1n) is 11.6. The number of rotatable bonds is 3. The number of nitrogens with two attached hydrogens (primary N) is 1. The van der Waals surface area contributed by atoms with Crippen LogP contribution in [0.15, 0.2) is 0 Å². The molecule has 0 spiro atoms. The molecule has 5 rings (SSSR count). The van der Waals surface area contributed by atoms with E-state index in [1.807, 2.05) is 0 Å². The van der Waals surface area contributed by atoms with Crippen molar-refractivity contribution in [3.63, 3.8) is 0 Å². The number of aromatic amines is 1. The van der Waals surface area contributed by atoms with Crippen LogP contribution < -0.4 is 5.73 Å². The van der Waals surface area contributed by atoms with E-state index in [0.717, 1.165) is 77.9 Å². The number of carbonyl (C=O) groups excluding carboxylic acids is 1. The number of carbonyl (C=O) groups is 1. The summed E-state index contributed by atoms with van der Waals surface area (Å²) in [7, 11) is 0. The van der Waals surface area contributed by atoms with Crippen LogP contribution in [0.1, 0.15) is 61.4 Å². The number of ether oxygens (including phenoxy) is 1. The van der Waals surface area contributed by atoms with Gasteiger partial charge < -0.3 is 15.4 Å². The number of hydrogen-bond acceptors (Lipinski definition) is 5. The van der Waals surface area contributed by atoms with Crippen molar-refractivity contribution in [1.82, 2.24) is 20.0 Å². The van der Waals surface area contributed by atoms with Crippen LogP contribution >= 0.6 is 24.8 Å². The van der Waals surface area contributed by atoms with Gasteiger partial charge in [-0.3, -0.25) is 14.8 Å². The maximum atomic E-state index is 13.5. The van der Waals surface area contributed by atoms with Crippen molar-refractivity contribution < 1.29 is 9.53 Å². The number of halogens is 2. The zero-order valence-electron chi connectivity index (χ0n) is 18.3. The largest absolute Gasteiger partial charge is 0.381 e. The molecule has 2 saturated heterocycles. The minimum Gasteiger partial charge on any atom is -0.381 e. The van der Waals surface area contributed by atoms with E-state index in [-0.39, 0.29) is 36.8 Å². The van der Waals surface area contributed by atoms with Crippen LogP contribution in [-0.2, 0) is 22.4 Å². The van der Waals surface area contributed by atoms with E-state index in [9.17, 15) is 4.79 Å². The second-order valence-electron chi connectivity index (χ2n) is 9.50. The number of aromatic nitrogens is 2. The Morgan fingerprint density at radius 1 is 1.00 bits per heavy atom. The molecule has 3 aliphatic heterocycles. The van der Waals surface area contributed by atoms with Gasteiger partial charge in [0.05, 0.1) is 11.6 Å². The van der Waals surface area contributed by atoms with Crippen LogP contribution in [-0.4, -0.2) is 77.4 Å². The summed E-state index contributed by atoms with van der Waals surface area (Å²) < 4.78 is 5.54. The molecule has 176 valence electrons. The lowest BCUT2D eigenvalue weighted by atomic mass is 9.99. The van der Waals surface area contributed by atoms with Crippen LogP contribution in [0.5, 0.6) is 0 Å². The highest BCUT2D eigenvalue weighted by atomic mass is 35.5. The summed E-state index contributed by atoms with van der Waals surface area (Å²) in [6, 6.07) is 0.686. The molecule has 1 aromatic rings. The summed E-state index contributed by atoms with van der Waals surface area (Å²) in [5.41, 5.74) is 10.3. The zero-order chi connectivity index (χ0) is 19.8. The molecule has 1 amide bonds. The standard InChI is InChI=1S/C22H35N5O2.2ClH/c23-17-4-3-16(13-27(14-17)18-7-11-29-12-8-18)22(28)26-9-5-19-20(6-10-26)24-25-21(19)15-1-2-15;;/h15-18H,1-14,23H2,(H,24,25);2*1H/t16-,17+;;/m1../s1. The van der Waals surface area contributed by atoms with Gasteiger partial charge in [0.2, 0.25) is 5.91 Å². The number of nitrogens with zero attached hydrogens (tertiary/aromatic N) is 3. The normalized spacial score (nSPS) is 28.0. The summed E-state index contributed by atoms with van der Waals surface area (Å²) in [5.74, 6) is 1.07. The fraction of sp³-hybridized carbons (Fsp3) is 0.818. The summed E-state index contributed by atoms with van der Waals surface area (Å²) in [5, 5.41) is 7.85. The van der Waals surface area contributed by atoms with Crippen LogP contribution in [0, 0.1) is 5.92 Å². The van der Waals surface area contributed by atoms with Crippen LogP contribution in [0.3, 0.4) is 0 Å². The van der Waals surface area contributed by atoms with Gasteiger partial charge in [-0.25, -0.2) is 0 Å². The molecule has 0 radical (unpaired) electrons. The molecule has 1 saturated carbocycles. The van der Waals surface area contributed by atoms with Gasteiger partial charge in [0, 0.05) is 69.5 Å². The third-order valence-corrected chi connectivity index (χ3v) is 7.39. The zero-order valence-corrected chi connectivity index (χ0v) is 19.9. The summed E-state index contributed by atoms with van der Waals surface area (Å²) in [6.07, 6.45) is 8.35. The molecule has 4 heterocycles. The van der Waals surface area contributed by atoms with E-state index in [1.54, 1.807) is 0 Å². The SMILES string of the molecule is Cl.Cl.N[C@H]1CC[C@@H](C(=O)N2CCc3[nH]nc(C4CC4)c3CC2)CN(C2CCOCC2)C1. The molecule has 31 heavy (non-hydrogen) atoms. The Bertz CT molecular complexity index is 735. The molecule has 3 N–H and O–H groups in total. The minimum atomic E-state index is 0. The number of nitrogens with one attached hydrogen (secondary N) is 1. The molecule has 1 aliphatic carbocycles. The monoisotopic (exact) mass is 473 g/mol. The van der Waals surface area contributed by atoms with E-state index in [0.29, 0.717) is 17.9 Å². The summed E-state index contributed by atoms with van der Waals surface area (Å²) in [6.45, 7) is 5.05. The number of fused-ring (bicyclic) bond motifs is 1. The molecular weight excluding hydrogens is 437 g/mol. The summed E-state index contributed by atoms with van der Waals surface area (Å²) in [4.78, 5) is 18.1. The molecule has 4 aliphatic rings. The lowest BCUT2D eigenvalue weighted by Crippen LogP contribution is -2.48. The van der Waals surface area contributed by atoms with E-state index in [1.165, 1.54) is 29.8 Å². The first-order chi connectivity index (χ1) is 14.2. The molecule has 1 aromatic heterocycles. The van der Waals surface area contributed by atoms with Gasteiger partial charge in [0.15, 0.2) is 0 Å². The fourth-order valence-electron chi connectivity index (χ4n) is 5.49. The predicted octanol–water partition coefficient (Wildman–Crippen LogP) is 2.28. The second-order valence-corrected chi connectivity index (χ2v) is 9.50. The van der Waals surface area contributed by atoms with E-state index in [4.69, 9.17) is 10.5 Å². The van der Waals surface area contributed by atoms with E-state index >= 15 is 0 Å². The van der Waals surface area contributed by atoms with Gasteiger partial charge in [-0.15, -0.1) is 24.8 Å². The third-order valence-electron chi connectivity index (χ3n) is 7.39. The van der Waals surface area contributed by atoms with Crippen LogP contribution in [0.4, 0.5) is 0 Å². The van der Waals surface area contributed by atoms with Gasteiger partial charge in [0.1, 0.15) is 0 Å². The molecule has 0 unspecified atom stereocenters. The van der Waals surface area contributed by atoms with Gasteiger partial charge in [-0.05, 0) is 50.5 Å². The quantitative estimate of drug-likeness (QED) is 0.702. The number of hydrogen-bond donors (Lipinski definition) is 2. The molecule has 3 fully saturated rings. The Kier molecular flexibility index (Phi) is 8.66. The highest BCUT2D eigenvalue weighted by Crippen LogP contribution is 2.41. The van der Waals surface area contributed by atoms with E-state index < -0.39 is 0 Å². The van der Waals surface area contributed by atoms with Crippen molar-refractivity contribution in [2.75, 3.05) is 39.4 Å². The van der Waals surface area contributed by atoms with Gasteiger partial charge in [-0.1, -0.05) is 0 Å². The second kappa shape index (κ2) is 10.8. The Morgan fingerprint density at radius 2 is 1.74 bits per heavy atom. The minimum absolute atomic E-state index is 0. The molecule has 2 atom stereocenters. The highest BCUT2D eigenvalue weighted by molar-refractivity contribution is 5.85. The Labute approximate surface area is 197 Å². The Morgan fingerprint density at radius 3 is 2.48 bits per heavy atom. The topological polar surface area (TPSA) is 87.5 Å². The number of amides is 1. The van der Waals surface area contributed by atoms with Crippen molar-refractivity contribution in [3.8, 4) is 0 Å². The molecule has 0 bridgehead atoms.